The fraction of sp³-hybridized carbons (Fsp3) is 0.375. The van der Waals surface area contributed by atoms with Gasteiger partial charge in [0.2, 0.25) is 5.91 Å². The number of rotatable bonds is 12. The first-order valence-corrected chi connectivity index (χ1v) is 11.1. The van der Waals surface area contributed by atoms with Gasteiger partial charge in [-0.05, 0) is 61.4 Å². The molecule has 0 atom stereocenters. The Balaban J connectivity index is 1.28. The van der Waals surface area contributed by atoms with Crippen LogP contribution in [0.25, 0.3) is 0 Å². The number of ether oxygens (including phenoxy) is 2. The van der Waals surface area contributed by atoms with Crippen molar-refractivity contribution in [3.8, 4) is 11.5 Å². The number of amides is 1. The quantitative estimate of drug-likeness (QED) is 0.219. The fourth-order valence-corrected chi connectivity index (χ4v) is 3.57. The second kappa shape index (κ2) is 11.9. The van der Waals surface area contributed by atoms with Crippen LogP contribution in [0.4, 0.5) is 0 Å². The summed E-state index contributed by atoms with van der Waals surface area (Å²) in [5.41, 5.74) is 12.2. The van der Waals surface area contributed by atoms with Crippen molar-refractivity contribution in [2.75, 3.05) is 45.9 Å². The minimum atomic E-state index is 0.0344. The lowest BCUT2D eigenvalue weighted by Gasteiger charge is -2.34. The smallest absolute Gasteiger partial charge is 0.236 e. The number of nitrogens with one attached hydrogen (secondary N) is 2. The molecule has 1 fully saturated rings. The van der Waals surface area contributed by atoms with Gasteiger partial charge in [0.1, 0.15) is 23.2 Å². The van der Waals surface area contributed by atoms with Gasteiger partial charge in [0.25, 0.3) is 0 Å². The zero-order valence-corrected chi connectivity index (χ0v) is 18.8. The second-order valence-electron chi connectivity index (χ2n) is 7.94. The average Bonchev–Trinajstić information content (AvgIpc) is 2.81. The van der Waals surface area contributed by atoms with Crippen molar-refractivity contribution in [3.63, 3.8) is 0 Å². The molecule has 33 heavy (non-hydrogen) atoms. The van der Waals surface area contributed by atoms with E-state index in [0.29, 0.717) is 37.4 Å². The van der Waals surface area contributed by atoms with E-state index in [2.05, 4.69) is 4.90 Å². The first-order valence-electron chi connectivity index (χ1n) is 11.1. The molecule has 176 valence electrons. The molecule has 1 amide bonds. The zero-order valence-electron chi connectivity index (χ0n) is 18.8. The van der Waals surface area contributed by atoms with Gasteiger partial charge in [-0.2, -0.15) is 0 Å². The molecule has 9 nitrogen and oxygen atoms in total. The largest absolute Gasteiger partial charge is 0.494 e. The van der Waals surface area contributed by atoms with E-state index in [0.717, 1.165) is 44.0 Å². The van der Waals surface area contributed by atoms with Crippen LogP contribution in [-0.4, -0.2) is 73.3 Å². The Morgan fingerprint density at radius 3 is 1.73 bits per heavy atom. The Morgan fingerprint density at radius 2 is 1.27 bits per heavy atom. The molecule has 0 radical (unpaired) electrons. The number of benzene rings is 2. The summed E-state index contributed by atoms with van der Waals surface area (Å²) in [6, 6.07) is 14.3. The highest BCUT2D eigenvalue weighted by Crippen LogP contribution is 2.14. The molecule has 1 heterocycles. The van der Waals surface area contributed by atoms with Crippen LogP contribution in [0.1, 0.15) is 24.0 Å². The van der Waals surface area contributed by atoms with Crippen LogP contribution < -0.4 is 20.9 Å². The summed E-state index contributed by atoms with van der Waals surface area (Å²) in [5.74, 6) is 1.70. The van der Waals surface area contributed by atoms with Crippen LogP contribution >= 0.6 is 0 Å². The second-order valence-corrected chi connectivity index (χ2v) is 7.94. The molecule has 1 aliphatic heterocycles. The topological polar surface area (TPSA) is 142 Å². The Labute approximate surface area is 194 Å². The average molecular weight is 453 g/mol. The standard InChI is InChI=1S/C24H32N6O3/c25-23(26)18-3-7-20(8-4-18)32-15-1-11-29-13-14-30(22(31)17-29)12-2-16-33-21-9-5-19(6-10-21)24(27)28/h3-10H,1-2,11-17H2,(H3,25,26)(H3,27,28). The monoisotopic (exact) mass is 452 g/mol. The maximum Gasteiger partial charge on any atom is 0.236 e. The molecular weight excluding hydrogens is 420 g/mol. The lowest BCUT2D eigenvalue weighted by molar-refractivity contribution is -0.136. The highest BCUT2D eigenvalue weighted by atomic mass is 16.5. The van der Waals surface area contributed by atoms with E-state index in [9.17, 15) is 4.79 Å². The molecule has 0 bridgehead atoms. The number of carbonyl (C=O) groups excluding carboxylic acids is 1. The summed E-state index contributed by atoms with van der Waals surface area (Å²) in [6.45, 7) is 4.59. The summed E-state index contributed by atoms with van der Waals surface area (Å²) in [6.07, 6.45) is 1.59. The number of nitrogen functional groups attached to an aromatic ring is 2. The molecule has 0 spiro atoms. The van der Waals surface area contributed by atoms with Gasteiger partial charge in [-0.3, -0.25) is 20.5 Å². The van der Waals surface area contributed by atoms with Crippen LogP contribution in [0.5, 0.6) is 11.5 Å². The first kappa shape index (κ1) is 24.1. The number of nitrogens with two attached hydrogens (primary N) is 2. The highest BCUT2D eigenvalue weighted by Gasteiger charge is 2.23. The molecule has 1 aliphatic rings. The molecule has 2 aromatic rings. The molecule has 2 aromatic carbocycles. The van der Waals surface area contributed by atoms with E-state index in [4.69, 9.17) is 31.8 Å². The Kier molecular flexibility index (Phi) is 8.65. The van der Waals surface area contributed by atoms with Gasteiger partial charge in [-0.25, -0.2) is 0 Å². The van der Waals surface area contributed by atoms with E-state index >= 15 is 0 Å². The third kappa shape index (κ3) is 7.50. The lowest BCUT2D eigenvalue weighted by Crippen LogP contribution is -2.50. The zero-order chi connectivity index (χ0) is 23.6. The Hall–Kier alpha value is -3.59. The van der Waals surface area contributed by atoms with E-state index < -0.39 is 0 Å². The molecule has 0 saturated carbocycles. The van der Waals surface area contributed by atoms with Gasteiger partial charge in [-0.15, -0.1) is 0 Å². The van der Waals surface area contributed by atoms with Crippen LogP contribution in [0, 0.1) is 10.8 Å². The number of hydrogen-bond donors (Lipinski definition) is 4. The van der Waals surface area contributed by atoms with Gasteiger partial charge in [-0.1, -0.05) is 0 Å². The predicted octanol–water partition coefficient (Wildman–Crippen LogP) is 1.64. The van der Waals surface area contributed by atoms with Crippen molar-refractivity contribution < 1.29 is 14.3 Å². The first-order chi connectivity index (χ1) is 15.9. The number of amidine groups is 2. The molecule has 0 unspecified atom stereocenters. The van der Waals surface area contributed by atoms with Crippen LogP contribution in [-0.2, 0) is 4.79 Å². The van der Waals surface area contributed by atoms with Crippen LogP contribution in [0.15, 0.2) is 48.5 Å². The lowest BCUT2D eigenvalue weighted by atomic mass is 10.2. The summed E-state index contributed by atoms with van der Waals surface area (Å²) in [7, 11) is 0. The number of nitrogens with zero attached hydrogens (tertiary/aromatic N) is 2. The molecule has 1 saturated heterocycles. The van der Waals surface area contributed by atoms with Gasteiger partial charge in [0, 0.05) is 37.3 Å². The van der Waals surface area contributed by atoms with E-state index in [-0.39, 0.29) is 17.6 Å². The third-order valence-electron chi connectivity index (χ3n) is 5.46. The minimum Gasteiger partial charge on any atom is -0.494 e. The normalized spacial score (nSPS) is 14.2. The van der Waals surface area contributed by atoms with Crippen LogP contribution in [0.2, 0.25) is 0 Å². The molecule has 3 rings (SSSR count). The van der Waals surface area contributed by atoms with Crippen molar-refractivity contribution in [1.29, 1.82) is 10.8 Å². The molecule has 0 aliphatic carbocycles. The van der Waals surface area contributed by atoms with Crippen molar-refractivity contribution in [2.45, 2.75) is 12.8 Å². The van der Waals surface area contributed by atoms with Crippen molar-refractivity contribution >= 4 is 17.6 Å². The minimum absolute atomic E-state index is 0.0344. The number of hydrogen-bond acceptors (Lipinski definition) is 6. The summed E-state index contributed by atoms with van der Waals surface area (Å²) in [5, 5.41) is 14.8. The summed E-state index contributed by atoms with van der Waals surface area (Å²) >= 11 is 0. The fourth-order valence-electron chi connectivity index (χ4n) is 3.57. The van der Waals surface area contributed by atoms with E-state index in [1.165, 1.54) is 0 Å². The molecule has 9 heteroatoms. The Bertz CT molecular complexity index is 946. The van der Waals surface area contributed by atoms with Gasteiger partial charge in [0.05, 0.1) is 19.8 Å². The van der Waals surface area contributed by atoms with Crippen molar-refractivity contribution in [1.82, 2.24) is 9.80 Å². The number of piperazine rings is 1. The van der Waals surface area contributed by atoms with Crippen molar-refractivity contribution in [3.05, 3.63) is 59.7 Å². The third-order valence-corrected chi connectivity index (χ3v) is 5.46. The molecular formula is C24H32N6O3. The summed E-state index contributed by atoms with van der Waals surface area (Å²) < 4.78 is 11.5. The van der Waals surface area contributed by atoms with Gasteiger partial charge >= 0.3 is 0 Å². The van der Waals surface area contributed by atoms with Crippen LogP contribution in [0.3, 0.4) is 0 Å². The maximum atomic E-state index is 12.5. The van der Waals surface area contributed by atoms with Gasteiger partial charge < -0.3 is 25.8 Å². The van der Waals surface area contributed by atoms with E-state index in [1.807, 2.05) is 17.0 Å². The number of carbonyl (C=O) groups is 1. The maximum absolute atomic E-state index is 12.5. The molecule has 6 N–H and O–H groups in total. The highest BCUT2D eigenvalue weighted by molar-refractivity contribution is 5.95. The van der Waals surface area contributed by atoms with Crippen molar-refractivity contribution in [2.24, 2.45) is 11.5 Å². The predicted molar refractivity (Wildman–Crippen MR) is 128 cm³/mol. The molecule has 0 aromatic heterocycles. The summed E-state index contributed by atoms with van der Waals surface area (Å²) in [4.78, 5) is 16.5. The van der Waals surface area contributed by atoms with Gasteiger partial charge in [0.15, 0.2) is 0 Å². The van der Waals surface area contributed by atoms with E-state index in [1.54, 1.807) is 36.4 Å². The SMILES string of the molecule is N=C(N)c1ccc(OCCCN2CCN(CCCOc3ccc(C(=N)N)cc3)C(=O)C2)cc1. The Morgan fingerprint density at radius 1 is 0.788 bits per heavy atom.